The Kier molecular flexibility index (Phi) is 13.9. The van der Waals surface area contributed by atoms with Gasteiger partial charge < -0.3 is 0 Å². The highest BCUT2D eigenvalue weighted by atomic mass is 15.0. The molecule has 4 aromatic carbocycles. The summed E-state index contributed by atoms with van der Waals surface area (Å²) in [5.74, 6) is 5.68. The van der Waals surface area contributed by atoms with E-state index in [0.29, 0.717) is 0 Å². The van der Waals surface area contributed by atoms with E-state index >= 15 is 0 Å². The molecule has 6 aromatic rings. The van der Waals surface area contributed by atoms with Crippen LogP contribution in [0.1, 0.15) is 149 Å². The van der Waals surface area contributed by atoms with Gasteiger partial charge in [0.25, 0.3) is 0 Å². The number of aromatic nitrogens is 6. The summed E-state index contributed by atoms with van der Waals surface area (Å²) < 4.78 is 0. The van der Waals surface area contributed by atoms with Crippen LogP contribution in [0.15, 0.2) is 84.9 Å². The van der Waals surface area contributed by atoms with Crippen LogP contribution >= 0.6 is 0 Å². The van der Waals surface area contributed by atoms with Gasteiger partial charge in [-0.05, 0) is 68.5 Å². The van der Waals surface area contributed by atoms with E-state index in [1.54, 1.807) is 0 Å². The predicted molar refractivity (Wildman–Crippen MR) is 224 cm³/mol. The molecule has 2 aromatic heterocycles. The maximum absolute atomic E-state index is 4.73. The minimum absolute atomic E-state index is 0.164. The third-order valence-electron chi connectivity index (χ3n) is 10.2. The molecule has 0 saturated heterocycles. The summed E-state index contributed by atoms with van der Waals surface area (Å²) in [5.41, 5.74) is 13.7. The van der Waals surface area contributed by atoms with Gasteiger partial charge in [0.2, 0.25) is 0 Å². The first-order valence-corrected chi connectivity index (χ1v) is 20.3. The van der Waals surface area contributed by atoms with Crippen molar-refractivity contribution in [1.29, 1.82) is 0 Å². The van der Waals surface area contributed by atoms with Crippen molar-refractivity contribution >= 4 is 0 Å². The van der Waals surface area contributed by atoms with Crippen LogP contribution < -0.4 is 0 Å². The smallest absolute Gasteiger partial charge is 0.139 e. The van der Waals surface area contributed by atoms with E-state index in [0.717, 1.165) is 73.5 Å². The molecule has 8 rings (SSSR count). The van der Waals surface area contributed by atoms with E-state index in [9.17, 15) is 0 Å². The van der Waals surface area contributed by atoms with Crippen LogP contribution in [0, 0.1) is 0 Å². The average molecular weight is 719 g/mol. The third-order valence-corrected chi connectivity index (χ3v) is 10.2. The fourth-order valence-corrected chi connectivity index (χ4v) is 7.28. The second-order valence-electron chi connectivity index (χ2n) is 13.4. The van der Waals surface area contributed by atoms with Gasteiger partial charge in [0.1, 0.15) is 34.9 Å². The molecule has 2 aliphatic rings. The van der Waals surface area contributed by atoms with E-state index in [1.165, 1.54) is 55.6 Å². The van der Waals surface area contributed by atoms with E-state index in [1.807, 2.05) is 27.7 Å². The van der Waals surface area contributed by atoms with Crippen LogP contribution in [0.5, 0.6) is 0 Å². The highest BCUT2D eigenvalue weighted by molar-refractivity contribution is 5.78. The molecule has 2 atom stereocenters. The van der Waals surface area contributed by atoms with Crippen molar-refractivity contribution in [1.82, 2.24) is 29.9 Å². The van der Waals surface area contributed by atoms with Gasteiger partial charge in [0.15, 0.2) is 0 Å². The van der Waals surface area contributed by atoms with Crippen molar-refractivity contribution in [3.63, 3.8) is 0 Å². The summed E-state index contributed by atoms with van der Waals surface area (Å²) in [6.45, 7) is 20.8. The number of aryl methyl sites for hydroxylation is 4. The highest BCUT2D eigenvalue weighted by Crippen LogP contribution is 2.41. The van der Waals surface area contributed by atoms with Crippen LogP contribution in [0.4, 0.5) is 0 Å². The van der Waals surface area contributed by atoms with Crippen LogP contribution in [0.3, 0.4) is 0 Å². The van der Waals surface area contributed by atoms with Gasteiger partial charge in [0, 0.05) is 37.5 Å². The second-order valence-corrected chi connectivity index (χ2v) is 13.4. The summed E-state index contributed by atoms with van der Waals surface area (Å²) in [4.78, 5) is 27.9. The molecule has 0 saturated carbocycles. The van der Waals surface area contributed by atoms with E-state index in [4.69, 9.17) is 19.9 Å². The van der Waals surface area contributed by atoms with E-state index in [-0.39, 0.29) is 11.8 Å². The fourth-order valence-electron chi connectivity index (χ4n) is 7.28. The van der Waals surface area contributed by atoms with Crippen molar-refractivity contribution in [2.75, 3.05) is 0 Å². The Morgan fingerprint density at radius 2 is 0.889 bits per heavy atom. The number of benzene rings is 4. The Labute approximate surface area is 324 Å². The number of rotatable bonds is 8. The predicted octanol–water partition coefficient (Wildman–Crippen LogP) is 11.5. The number of fused-ring (bicyclic) bond motifs is 6. The minimum atomic E-state index is 0.164. The van der Waals surface area contributed by atoms with Crippen LogP contribution in [0.2, 0.25) is 0 Å². The summed E-state index contributed by atoms with van der Waals surface area (Å²) >= 11 is 0. The Morgan fingerprint density at radius 3 is 1.43 bits per heavy atom. The first-order valence-electron chi connectivity index (χ1n) is 20.3. The standard InChI is InChI=1S/2C22H23N3.2C2H6/c1-4-20-23-21(5-2)25-22(24-20)14(3)16-11-8-12-18-17-10-7-6-9-15(17)13-19(16)18;1-4-20-23-21(5-2)25-22(24-20)14(3)15-10-11-17-12-16-8-6-7-9-18(16)19(17)13-15;2*1-2/h6-12,14H,4-5,13H2,1-3H3;6-11,13-14H,4-5,12H2,1-3H3;2*1-2H3. The molecule has 0 radical (unpaired) electrons. The zero-order valence-corrected chi connectivity index (χ0v) is 34.2. The lowest BCUT2D eigenvalue weighted by Crippen LogP contribution is -2.11. The van der Waals surface area contributed by atoms with Gasteiger partial charge in [-0.3, -0.25) is 0 Å². The Hall–Kier alpha value is -5.10. The Bertz CT molecular complexity index is 2120. The molecule has 2 unspecified atom stereocenters. The second kappa shape index (κ2) is 18.8. The first kappa shape index (κ1) is 40.1. The summed E-state index contributed by atoms with van der Waals surface area (Å²) in [6, 6.07) is 30.9. The minimum Gasteiger partial charge on any atom is -0.218 e. The molecule has 2 heterocycles. The van der Waals surface area contributed by atoms with E-state index < -0.39 is 0 Å². The molecule has 0 spiro atoms. The molecule has 0 amide bonds. The molecule has 0 aliphatic heterocycles. The van der Waals surface area contributed by atoms with Crippen LogP contribution in [0.25, 0.3) is 22.3 Å². The average Bonchev–Trinajstić information content (AvgIpc) is 3.82. The SMILES string of the molecule is CC.CC.CCc1nc(CC)nc(C(C)c2ccc3c(c2)-c2ccccc2C3)n1.CCc1nc(CC)nc(C(C)c2cccc3c2Cc2ccccc2-3)n1. The van der Waals surface area contributed by atoms with Gasteiger partial charge in [0.05, 0.1) is 0 Å². The largest absolute Gasteiger partial charge is 0.218 e. The highest BCUT2D eigenvalue weighted by Gasteiger charge is 2.25. The van der Waals surface area contributed by atoms with Gasteiger partial charge in [-0.25, -0.2) is 29.9 Å². The molecule has 54 heavy (non-hydrogen) atoms. The summed E-state index contributed by atoms with van der Waals surface area (Å²) in [7, 11) is 0. The maximum atomic E-state index is 4.73. The van der Waals surface area contributed by atoms with Crippen LogP contribution in [-0.2, 0) is 38.5 Å². The van der Waals surface area contributed by atoms with Crippen molar-refractivity contribution < 1.29 is 0 Å². The Balaban J connectivity index is 0.000000190. The van der Waals surface area contributed by atoms with Gasteiger partial charge in [-0.15, -0.1) is 0 Å². The molecule has 0 N–H and O–H groups in total. The quantitative estimate of drug-likeness (QED) is 0.156. The Morgan fingerprint density at radius 1 is 0.444 bits per heavy atom. The maximum Gasteiger partial charge on any atom is 0.139 e. The molecular formula is C48H58N6. The van der Waals surface area contributed by atoms with Crippen molar-refractivity contribution in [3.8, 4) is 22.3 Å². The normalized spacial score (nSPS) is 12.6. The summed E-state index contributed by atoms with van der Waals surface area (Å²) in [6.07, 6.45) is 5.39. The first-order chi connectivity index (χ1) is 26.4. The summed E-state index contributed by atoms with van der Waals surface area (Å²) in [5, 5.41) is 0. The number of hydrogen-bond donors (Lipinski definition) is 0. The van der Waals surface area contributed by atoms with Gasteiger partial charge in [-0.2, -0.15) is 0 Å². The fraction of sp³-hybridized carbons (Fsp3) is 0.375. The number of hydrogen-bond acceptors (Lipinski definition) is 6. The molecule has 280 valence electrons. The monoisotopic (exact) mass is 718 g/mol. The van der Waals surface area contributed by atoms with Gasteiger partial charge >= 0.3 is 0 Å². The molecule has 6 nitrogen and oxygen atoms in total. The van der Waals surface area contributed by atoms with Crippen molar-refractivity contribution in [3.05, 3.63) is 153 Å². The zero-order chi connectivity index (χ0) is 38.8. The zero-order valence-electron chi connectivity index (χ0n) is 34.2. The third kappa shape index (κ3) is 8.49. The van der Waals surface area contributed by atoms with E-state index in [2.05, 4.69) is 136 Å². The lowest BCUT2D eigenvalue weighted by molar-refractivity contribution is 0.725. The van der Waals surface area contributed by atoms with Crippen molar-refractivity contribution in [2.24, 2.45) is 0 Å². The lowest BCUT2D eigenvalue weighted by atomic mass is 9.92. The van der Waals surface area contributed by atoms with Crippen LogP contribution in [-0.4, -0.2) is 29.9 Å². The number of nitrogens with zero attached hydrogens (tertiary/aromatic N) is 6. The molecular weight excluding hydrogens is 661 g/mol. The molecule has 6 heteroatoms. The van der Waals surface area contributed by atoms with Crippen molar-refractivity contribution in [2.45, 2.75) is 120 Å². The van der Waals surface area contributed by atoms with Gasteiger partial charge in [-0.1, -0.05) is 154 Å². The molecule has 0 bridgehead atoms. The molecule has 0 fully saturated rings. The molecule has 2 aliphatic carbocycles. The lowest BCUT2D eigenvalue weighted by Gasteiger charge is -2.16. The topological polar surface area (TPSA) is 77.3 Å².